The van der Waals surface area contributed by atoms with Crippen molar-refractivity contribution in [1.29, 1.82) is 0 Å². The lowest BCUT2D eigenvalue weighted by Crippen LogP contribution is -2.19. The molecule has 0 radical (unpaired) electrons. The Bertz CT molecular complexity index is 412. The minimum Gasteiger partial charge on any atom is -0.393 e. The first kappa shape index (κ1) is 16.6. The molecule has 3 heteroatoms. The van der Waals surface area contributed by atoms with E-state index in [4.69, 9.17) is 0 Å². The summed E-state index contributed by atoms with van der Waals surface area (Å²) in [5.41, 5.74) is 1.24. The summed E-state index contributed by atoms with van der Waals surface area (Å²) >= 11 is 3.34. The van der Waals surface area contributed by atoms with Crippen molar-refractivity contribution < 1.29 is 9.50 Å². The minimum atomic E-state index is -0.376. The van der Waals surface area contributed by atoms with Crippen LogP contribution < -0.4 is 0 Å². The lowest BCUT2D eigenvalue weighted by atomic mass is 9.83. The van der Waals surface area contributed by atoms with Crippen LogP contribution in [0.15, 0.2) is 22.7 Å². The molecule has 0 aromatic heterocycles. The van der Waals surface area contributed by atoms with Crippen LogP contribution in [0.1, 0.15) is 46.1 Å². The van der Waals surface area contributed by atoms with Gasteiger partial charge in [0.05, 0.1) is 6.10 Å². The Morgan fingerprint density at radius 3 is 2.47 bits per heavy atom. The Labute approximate surface area is 124 Å². The molecule has 0 spiro atoms. The summed E-state index contributed by atoms with van der Waals surface area (Å²) in [5.74, 6) is 0.223. The van der Waals surface area contributed by atoms with Crippen molar-refractivity contribution in [2.24, 2.45) is 11.3 Å². The van der Waals surface area contributed by atoms with Crippen LogP contribution in [0.4, 0.5) is 4.39 Å². The van der Waals surface area contributed by atoms with Gasteiger partial charge in [0.2, 0.25) is 0 Å². The number of hydrogen-bond donors (Lipinski definition) is 1. The van der Waals surface area contributed by atoms with Crippen molar-refractivity contribution in [3.63, 3.8) is 0 Å². The van der Waals surface area contributed by atoms with Gasteiger partial charge >= 0.3 is 0 Å². The fourth-order valence-electron chi connectivity index (χ4n) is 2.62. The number of aliphatic hydroxyl groups is 1. The van der Waals surface area contributed by atoms with Crippen LogP contribution in [0.2, 0.25) is 0 Å². The van der Waals surface area contributed by atoms with Crippen molar-refractivity contribution in [1.82, 2.24) is 0 Å². The average Bonchev–Trinajstić information content (AvgIpc) is 2.19. The number of hydrogen-bond acceptors (Lipinski definition) is 1. The van der Waals surface area contributed by atoms with E-state index >= 15 is 0 Å². The normalized spacial score (nSPS) is 15.3. The van der Waals surface area contributed by atoms with Crippen LogP contribution >= 0.6 is 15.9 Å². The van der Waals surface area contributed by atoms with Gasteiger partial charge in [-0.25, -0.2) is 4.39 Å². The molecule has 1 N–H and O–H groups in total. The molecule has 0 aliphatic heterocycles. The van der Waals surface area contributed by atoms with Gasteiger partial charge in [-0.05, 0) is 48.3 Å². The second kappa shape index (κ2) is 6.85. The molecule has 0 aliphatic rings. The Morgan fingerprint density at radius 2 is 1.95 bits per heavy atom. The van der Waals surface area contributed by atoms with Gasteiger partial charge in [0.1, 0.15) is 5.82 Å². The molecule has 1 rings (SSSR count). The largest absolute Gasteiger partial charge is 0.393 e. The van der Waals surface area contributed by atoms with E-state index in [-0.39, 0.29) is 17.3 Å². The van der Waals surface area contributed by atoms with E-state index in [9.17, 15) is 9.50 Å². The molecule has 1 aromatic rings. The molecule has 108 valence electrons. The van der Waals surface area contributed by atoms with E-state index in [1.165, 1.54) is 12.1 Å². The van der Waals surface area contributed by atoms with Crippen LogP contribution in [0, 0.1) is 17.2 Å². The highest BCUT2D eigenvalue weighted by atomic mass is 79.9. The first-order valence-electron chi connectivity index (χ1n) is 6.79. The second-order valence-corrected chi connectivity index (χ2v) is 7.55. The van der Waals surface area contributed by atoms with Gasteiger partial charge in [-0.15, -0.1) is 0 Å². The summed E-state index contributed by atoms with van der Waals surface area (Å²) in [6.07, 6.45) is 2.06. The maximum Gasteiger partial charge on any atom is 0.124 e. The zero-order chi connectivity index (χ0) is 14.6. The smallest absolute Gasteiger partial charge is 0.124 e. The van der Waals surface area contributed by atoms with Gasteiger partial charge in [-0.2, -0.15) is 0 Å². The van der Waals surface area contributed by atoms with Gasteiger partial charge in [-0.1, -0.05) is 49.7 Å². The van der Waals surface area contributed by atoms with Crippen LogP contribution in [0.3, 0.4) is 0 Å². The predicted octanol–water partition coefficient (Wildman–Crippen LogP) is 4.95. The molecular formula is C16H24BrFO. The van der Waals surface area contributed by atoms with Crippen molar-refractivity contribution in [2.45, 2.75) is 53.1 Å². The van der Waals surface area contributed by atoms with Crippen LogP contribution in [0.5, 0.6) is 0 Å². The Hall–Kier alpha value is -0.410. The topological polar surface area (TPSA) is 20.2 Å². The molecular weight excluding hydrogens is 307 g/mol. The van der Waals surface area contributed by atoms with E-state index in [2.05, 4.69) is 43.6 Å². The highest BCUT2D eigenvalue weighted by Gasteiger charge is 2.18. The quantitative estimate of drug-likeness (QED) is 0.809. The lowest BCUT2D eigenvalue weighted by Gasteiger charge is -2.25. The summed E-state index contributed by atoms with van der Waals surface area (Å²) in [6.45, 7) is 8.82. The number of rotatable bonds is 5. The molecule has 1 aromatic carbocycles. The Balaban J connectivity index is 2.53. The predicted molar refractivity (Wildman–Crippen MR) is 81.7 cm³/mol. The fraction of sp³-hybridized carbons (Fsp3) is 0.625. The molecule has 19 heavy (non-hydrogen) atoms. The maximum absolute atomic E-state index is 13.0. The van der Waals surface area contributed by atoms with E-state index in [0.29, 0.717) is 12.3 Å². The van der Waals surface area contributed by atoms with Crippen molar-refractivity contribution >= 4 is 15.9 Å². The van der Waals surface area contributed by atoms with Gasteiger partial charge in [0.15, 0.2) is 0 Å². The molecule has 0 saturated carbocycles. The number of halogens is 2. The number of aliphatic hydroxyl groups excluding tert-OH is 1. The summed E-state index contributed by atoms with van der Waals surface area (Å²) in [7, 11) is 0. The molecule has 2 unspecified atom stereocenters. The van der Waals surface area contributed by atoms with E-state index in [1.807, 2.05) is 0 Å². The highest BCUT2D eigenvalue weighted by molar-refractivity contribution is 9.10. The molecule has 1 nitrogen and oxygen atoms in total. The van der Waals surface area contributed by atoms with Gasteiger partial charge in [0.25, 0.3) is 0 Å². The van der Waals surface area contributed by atoms with E-state index in [1.54, 1.807) is 6.07 Å². The van der Waals surface area contributed by atoms with Crippen molar-refractivity contribution in [3.05, 3.63) is 34.1 Å². The fourth-order valence-corrected chi connectivity index (χ4v) is 3.13. The molecule has 0 fully saturated rings. The van der Waals surface area contributed by atoms with E-state index < -0.39 is 0 Å². The lowest BCUT2D eigenvalue weighted by molar-refractivity contribution is 0.132. The third-order valence-corrected chi connectivity index (χ3v) is 3.84. The Kier molecular flexibility index (Phi) is 6.00. The zero-order valence-corrected chi connectivity index (χ0v) is 13.8. The minimum absolute atomic E-state index is 0.258. The first-order valence-corrected chi connectivity index (χ1v) is 7.58. The van der Waals surface area contributed by atoms with Crippen molar-refractivity contribution in [3.8, 4) is 0 Å². The molecule has 0 amide bonds. The Morgan fingerprint density at radius 1 is 1.32 bits per heavy atom. The van der Waals surface area contributed by atoms with Crippen LogP contribution in [-0.4, -0.2) is 11.2 Å². The molecule has 0 aliphatic carbocycles. The summed E-state index contributed by atoms with van der Waals surface area (Å²) in [5, 5.41) is 10.1. The van der Waals surface area contributed by atoms with Gasteiger partial charge < -0.3 is 5.11 Å². The maximum atomic E-state index is 13.0. The SMILES string of the molecule is CC(CC(O)Cc1ccc(F)cc1Br)CC(C)(C)C. The van der Waals surface area contributed by atoms with Gasteiger partial charge in [-0.3, -0.25) is 0 Å². The third-order valence-electron chi connectivity index (χ3n) is 3.11. The number of benzene rings is 1. The monoisotopic (exact) mass is 330 g/mol. The van der Waals surface area contributed by atoms with Gasteiger partial charge in [0, 0.05) is 4.47 Å². The van der Waals surface area contributed by atoms with E-state index in [0.717, 1.165) is 22.9 Å². The van der Waals surface area contributed by atoms with Crippen molar-refractivity contribution in [2.75, 3.05) is 0 Å². The molecule has 2 atom stereocenters. The average molecular weight is 331 g/mol. The standard InChI is InChI=1S/C16H24BrFO/c1-11(10-16(2,3)4)7-14(19)8-12-5-6-13(18)9-15(12)17/h5-6,9,11,14,19H,7-8,10H2,1-4H3. The first-order chi connectivity index (χ1) is 8.67. The zero-order valence-electron chi connectivity index (χ0n) is 12.2. The second-order valence-electron chi connectivity index (χ2n) is 6.70. The summed E-state index contributed by atoms with van der Waals surface area (Å²) in [6, 6.07) is 4.61. The van der Waals surface area contributed by atoms with Crippen LogP contribution in [0.25, 0.3) is 0 Å². The summed E-state index contributed by atoms with van der Waals surface area (Å²) < 4.78 is 13.7. The summed E-state index contributed by atoms with van der Waals surface area (Å²) in [4.78, 5) is 0. The third kappa shape index (κ3) is 6.53. The molecule has 0 saturated heterocycles. The molecule has 0 heterocycles. The van der Waals surface area contributed by atoms with Crippen LogP contribution in [-0.2, 0) is 6.42 Å². The highest BCUT2D eigenvalue weighted by Crippen LogP contribution is 2.28. The molecule has 0 bridgehead atoms.